The molecule has 0 aromatic heterocycles. The number of rotatable bonds is 8. The highest BCUT2D eigenvalue weighted by Gasteiger charge is 2.18. The van der Waals surface area contributed by atoms with E-state index in [1.54, 1.807) is 7.11 Å². The molecule has 104 valence electrons. The van der Waals surface area contributed by atoms with Crippen LogP contribution in [-0.2, 0) is 9.47 Å². The fourth-order valence-electron chi connectivity index (χ4n) is 1.85. The molecule has 0 heterocycles. The zero-order valence-corrected chi connectivity index (χ0v) is 11.8. The number of nitriles is 1. The van der Waals surface area contributed by atoms with Gasteiger partial charge in [0, 0.05) is 19.6 Å². The van der Waals surface area contributed by atoms with E-state index in [2.05, 4.69) is 6.07 Å². The molecule has 0 aliphatic heterocycles. The van der Waals surface area contributed by atoms with Crippen molar-refractivity contribution in [3.05, 3.63) is 29.8 Å². The predicted molar refractivity (Wildman–Crippen MR) is 73.0 cm³/mol. The van der Waals surface area contributed by atoms with Crippen LogP contribution in [0.3, 0.4) is 0 Å². The van der Waals surface area contributed by atoms with Crippen molar-refractivity contribution in [2.75, 3.05) is 20.3 Å². The Bertz CT molecular complexity index is 391. The zero-order chi connectivity index (χ0) is 14.1. The SMILES string of the molecule is CCOC(CC(C#N)c1ccc(OC)cc1)OCC. The number of nitrogens with zero attached hydrogens (tertiary/aromatic N) is 1. The molecule has 4 heteroatoms. The topological polar surface area (TPSA) is 51.5 Å². The maximum Gasteiger partial charge on any atom is 0.159 e. The Balaban J connectivity index is 2.72. The van der Waals surface area contributed by atoms with E-state index in [-0.39, 0.29) is 12.2 Å². The minimum absolute atomic E-state index is 0.242. The fourth-order valence-corrected chi connectivity index (χ4v) is 1.85. The van der Waals surface area contributed by atoms with Gasteiger partial charge in [-0.1, -0.05) is 12.1 Å². The Kier molecular flexibility index (Phi) is 6.94. The minimum Gasteiger partial charge on any atom is -0.497 e. The number of hydrogen-bond donors (Lipinski definition) is 0. The number of benzene rings is 1. The van der Waals surface area contributed by atoms with Crippen molar-refractivity contribution in [3.63, 3.8) is 0 Å². The summed E-state index contributed by atoms with van der Waals surface area (Å²) < 4.78 is 16.1. The smallest absolute Gasteiger partial charge is 0.159 e. The van der Waals surface area contributed by atoms with Gasteiger partial charge in [-0.15, -0.1) is 0 Å². The molecule has 0 spiro atoms. The highest BCUT2D eigenvalue weighted by atomic mass is 16.7. The summed E-state index contributed by atoms with van der Waals surface area (Å²) in [5.74, 6) is 0.542. The lowest BCUT2D eigenvalue weighted by Gasteiger charge is -2.19. The quantitative estimate of drug-likeness (QED) is 0.676. The van der Waals surface area contributed by atoms with Gasteiger partial charge in [-0.25, -0.2) is 0 Å². The monoisotopic (exact) mass is 263 g/mol. The second-order valence-electron chi connectivity index (χ2n) is 4.03. The van der Waals surface area contributed by atoms with Gasteiger partial charge >= 0.3 is 0 Å². The molecule has 4 nitrogen and oxygen atoms in total. The molecular weight excluding hydrogens is 242 g/mol. The fraction of sp³-hybridized carbons (Fsp3) is 0.533. The Labute approximate surface area is 114 Å². The minimum atomic E-state index is -0.332. The van der Waals surface area contributed by atoms with Crippen molar-refractivity contribution in [2.45, 2.75) is 32.5 Å². The van der Waals surface area contributed by atoms with E-state index >= 15 is 0 Å². The molecular formula is C15H21NO3. The molecule has 0 aliphatic carbocycles. The molecule has 1 atom stereocenters. The lowest BCUT2D eigenvalue weighted by molar-refractivity contribution is -0.140. The third kappa shape index (κ3) is 4.90. The number of ether oxygens (including phenoxy) is 3. The van der Waals surface area contributed by atoms with Gasteiger partial charge in [0.1, 0.15) is 5.75 Å². The van der Waals surface area contributed by atoms with Gasteiger partial charge in [0.2, 0.25) is 0 Å². The van der Waals surface area contributed by atoms with Crippen LogP contribution in [0.25, 0.3) is 0 Å². The first-order valence-corrected chi connectivity index (χ1v) is 6.51. The van der Waals surface area contributed by atoms with Gasteiger partial charge in [-0.2, -0.15) is 5.26 Å². The Morgan fingerprint density at radius 2 is 1.68 bits per heavy atom. The molecule has 0 fully saturated rings. The van der Waals surface area contributed by atoms with E-state index in [1.807, 2.05) is 38.1 Å². The van der Waals surface area contributed by atoms with Crippen molar-refractivity contribution in [1.29, 1.82) is 5.26 Å². The van der Waals surface area contributed by atoms with Crippen LogP contribution in [0.15, 0.2) is 24.3 Å². The van der Waals surface area contributed by atoms with Crippen LogP contribution in [0.5, 0.6) is 5.75 Å². The highest BCUT2D eigenvalue weighted by molar-refractivity contribution is 5.31. The average molecular weight is 263 g/mol. The third-order valence-electron chi connectivity index (χ3n) is 2.81. The molecule has 0 saturated heterocycles. The van der Waals surface area contributed by atoms with E-state index in [4.69, 9.17) is 14.2 Å². The summed E-state index contributed by atoms with van der Waals surface area (Å²) in [6.07, 6.45) is 0.201. The maximum atomic E-state index is 9.30. The lowest BCUT2D eigenvalue weighted by Crippen LogP contribution is -2.20. The number of hydrogen-bond acceptors (Lipinski definition) is 4. The Morgan fingerprint density at radius 1 is 1.11 bits per heavy atom. The Hall–Kier alpha value is -1.57. The van der Waals surface area contributed by atoms with Gasteiger partial charge in [0.05, 0.1) is 19.1 Å². The summed E-state index contributed by atoms with van der Waals surface area (Å²) in [4.78, 5) is 0. The molecule has 0 saturated carbocycles. The second kappa shape index (κ2) is 8.52. The first-order chi connectivity index (χ1) is 9.24. The van der Waals surface area contributed by atoms with E-state index in [9.17, 15) is 5.26 Å². The van der Waals surface area contributed by atoms with Crippen LogP contribution in [0.2, 0.25) is 0 Å². The molecule has 19 heavy (non-hydrogen) atoms. The third-order valence-corrected chi connectivity index (χ3v) is 2.81. The van der Waals surface area contributed by atoms with E-state index in [1.165, 1.54) is 0 Å². The van der Waals surface area contributed by atoms with Gasteiger partial charge < -0.3 is 14.2 Å². The highest BCUT2D eigenvalue weighted by Crippen LogP contribution is 2.24. The summed E-state index contributed by atoms with van der Waals surface area (Å²) >= 11 is 0. The molecule has 1 unspecified atom stereocenters. The Morgan fingerprint density at radius 3 is 2.11 bits per heavy atom. The van der Waals surface area contributed by atoms with Gasteiger partial charge in [0.15, 0.2) is 6.29 Å². The summed E-state index contributed by atoms with van der Waals surface area (Å²) in [7, 11) is 1.62. The number of methoxy groups -OCH3 is 1. The summed E-state index contributed by atoms with van der Waals surface area (Å²) in [5.41, 5.74) is 0.952. The molecule has 0 bridgehead atoms. The van der Waals surface area contributed by atoms with Gasteiger partial charge in [-0.05, 0) is 31.5 Å². The van der Waals surface area contributed by atoms with Crippen molar-refractivity contribution in [1.82, 2.24) is 0 Å². The predicted octanol–water partition coefficient (Wildman–Crippen LogP) is 3.09. The standard InChI is InChI=1S/C15H21NO3/c1-4-18-15(19-5-2)10-13(11-16)12-6-8-14(17-3)9-7-12/h6-9,13,15H,4-5,10H2,1-3H3. The first-order valence-electron chi connectivity index (χ1n) is 6.51. The van der Waals surface area contributed by atoms with E-state index < -0.39 is 0 Å². The van der Waals surface area contributed by atoms with Gasteiger partial charge in [0.25, 0.3) is 0 Å². The van der Waals surface area contributed by atoms with E-state index in [0.29, 0.717) is 19.6 Å². The maximum absolute atomic E-state index is 9.30. The normalized spacial score (nSPS) is 12.2. The molecule has 0 amide bonds. The molecule has 1 aromatic rings. The van der Waals surface area contributed by atoms with Crippen molar-refractivity contribution in [2.24, 2.45) is 0 Å². The van der Waals surface area contributed by atoms with Crippen LogP contribution in [0.1, 0.15) is 31.7 Å². The largest absolute Gasteiger partial charge is 0.497 e. The second-order valence-corrected chi connectivity index (χ2v) is 4.03. The molecule has 0 radical (unpaired) electrons. The first kappa shape index (κ1) is 15.5. The van der Waals surface area contributed by atoms with E-state index in [0.717, 1.165) is 11.3 Å². The van der Waals surface area contributed by atoms with Crippen LogP contribution in [0.4, 0.5) is 0 Å². The lowest BCUT2D eigenvalue weighted by atomic mass is 9.97. The summed E-state index contributed by atoms with van der Waals surface area (Å²) in [6.45, 7) is 4.98. The van der Waals surface area contributed by atoms with Crippen LogP contribution in [-0.4, -0.2) is 26.6 Å². The van der Waals surface area contributed by atoms with Gasteiger partial charge in [-0.3, -0.25) is 0 Å². The summed E-state index contributed by atoms with van der Waals surface area (Å²) in [6, 6.07) is 9.83. The molecule has 1 aromatic carbocycles. The summed E-state index contributed by atoms with van der Waals surface area (Å²) in [5, 5.41) is 9.30. The van der Waals surface area contributed by atoms with Crippen molar-refractivity contribution in [3.8, 4) is 11.8 Å². The average Bonchev–Trinajstić information content (AvgIpc) is 2.45. The molecule has 1 rings (SSSR count). The zero-order valence-electron chi connectivity index (χ0n) is 11.8. The van der Waals surface area contributed by atoms with Crippen LogP contribution >= 0.6 is 0 Å². The van der Waals surface area contributed by atoms with Crippen LogP contribution in [0, 0.1) is 11.3 Å². The van der Waals surface area contributed by atoms with Crippen LogP contribution < -0.4 is 4.74 Å². The molecule has 0 N–H and O–H groups in total. The van der Waals surface area contributed by atoms with Crippen molar-refractivity contribution < 1.29 is 14.2 Å². The molecule has 0 aliphatic rings. The van der Waals surface area contributed by atoms with Crippen molar-refractivity contribution >= 4 is 0 Å².